The van der Waals surface area contributed by atoms with E-state index in [4.69, 9.17) is 24.7 Å². The molecule has 0 unspecified atom stereocenters. The first kappa shape index (κ1) is 24.5. The Morgan fingerprint density at radius 2 is 1.66 bits per heavy atom. The maximum Gasteiger partial charge on any atom is 0.342 e. The summed E-state index contributed by atoms with van der Waals surface area (Å²) in [4.78, 5) is 50.2. The summed E-state index contributed by atoms with van der Waals surface area (Å²) in [5.41, 5.74) is 4.05. The van der Waals surface area contributed by atoms with Gasteiger partial charge in [0.15, 0.2) is 18.1 Å². The molecule has 0 spiro atoms. The second kappa shape index (κ2) is 10.0. The topological polar surface area (TPSA) is 141 Å². The average molecular weight is 449 g/mol. The van der Waals surface area contributed by atoms with Crippen LogP contribution in [-0.2, 0) is 18.3 Å². The van der Waals surface area contributed by atoms with Crippen molar-refractivity contribution in [1.29, 1.82) is 0 Å². The monoisotopic (exact) mass is 449 g/mol. The summed E-state index contributed by atoms with van der Waals surface area (Å²) in [5, 5.41) is 0. The van der Waals surface area contributed by atoms with Gasteiger partial charge < -0.3 is 24.7 Å². The highest BCUT2D eigenvalue weighted by atomic mass is 16.5. The number of carbonyl (C=O) groups excluding carboxylic acids is 2. The molecule has 0 aliphatic carbocycles. The molecule has 1 heterocycles. The molecular formula is C21H27N3O8. The highest BCUT2D eigenvalue weighted by Crippen LogP contribution is 2.39. The molecule has 0 saturated heterocycles. The van der Waals surface area contributed by atoms with Gasteiger partial charge in [-0.1, -0.05) is 13.8 Å². The van der Waals surface area contributed by atoms with Gasteiger partial charge >= 0.3 is 11.7 Å². The van der Waals surface area contributed by atoms with Gasteiger partial charge in [-0.25, -0.2) is 9.59 Å². The van der Waals surface area contributed by atoms with Crippen molar-refractivity contribution >= 4 is 17.6 Å². The van der Waals surface area contributed by atoms with Gasteiger partial charge in [-0.3, -0.25) is 18.7 Å². The molecule has 0 bridgehead atoms. The van der Waals surface area contributed by atoms with E-state index in [1.807, 2.05) is 13.8 Å². The molecule has 0 saturated carbocycles. The lowest BCUT2D eigenvalue weighted by Crippen LogP contribution is -2.43. The van der Waals surface area contributed by atoms with E-state index < -0.39 is 35.2 Å². The minimum Gasteiger partial charge on any atom is -0.493 e. The number of anilines is 1. The standard InChI is InChI=1S/C21H27N3O8/c1-11(2)9-24-18(22)15(19(26)23(3)21(24)28)13(25)10-32-20(27)12-7-8-14(29-4)17(31-6)16(12)30-5/h7-8,11H,9-10,22H2,1-6H3. The second-order valence-corrected chi connectivity index (χ2v) is 7.29. The normalized spacial score (nSPS) is 10.7. The van der Waals surface area contributed by atoms with Gasteiger partial charge in [-0.15, -0.1) is 0 Å². The number of esters is 1. The molecule has 0 radical (unpaired) electrons. The van der Waals surface area contributed by atoms with Gasteiger partial charge in [0.05, 0.1) is 21.3 Å². The number of rotatable bonds is 9. The summed E-state index contributed by atoms with van der Waals surface area (Å²) in [7, 11) is 5.39. The summed E-state index contributed by atoms with van der Waals surface area (Å²) in [6.07, 6.45) is 0. The third-order valence-electron chi connectivity index (χ3n) is 4.67. The van der Waals surface area contributed by atoms with Gasteiger partial charge in [0.1, 0.15) is 16.9 Å². The van der Waals surface area contributed by atoms with Crippen LogP contribution in [0.1, 0.15) is 34.6 Å². The van der Waals surface area contributed by atoms with Crippen molar-refractivity contribution in [3.05, 3.63) is 44.1 Å². The Labute approximate surface area is 184 Å². The number of carbonyl (C=O) groups is 2. The van der Waals surface area contributed by atoms with Crippen LogP contribution in [-0.4, -0.2) is 48.8 Å². The molecule has 174 valence electrons. The zero-order valence-corrected chi connectivity index (χ0v) is 18.9. The largest absolute Gasteiger partial charge is 0.493 e. The van der Waals surface area contributed by atoms with Gasteiger partial charge in [0.2, 0.25) is 11.5 Å². The number of aromatic nitrogens is 2. The third-order valence-corrected chi connectivity index (χ3v) is 4.67. The highest BCUT2D eigenvalue weighted by molar-refractivity contribution is 6.02. The van der Waals surface area contributed by atoms with Crippen LogP contribution in [0.25, 0.3) is 0 Å². The van der Waals surface area contributed by atoms with Crippen LogP contribution >= 0.6 is 0 Å². The Hall–Kier alpha value is -3.76. The fourth-order valence-electron chi connectivity index (χ4n) is 3.13. The first-order valence-electron chi connectivity index (χ1n) is 9.67. The first-order valence-corrected chi connectivity index (χ1v) is 9.67. The molecule has 0 amide bonds. The quantitative estimate of drug-likeness (QED) is 0.435. The van der Waals surface area contributed by atoms with Crippen molar-refractivity contribution < 1.29 is 28.5 Å². The molecule has 0 fully saturated rings. The summed E-state index contributed by atoms with van der Waals surface area (Å²) < 4.78 is 22.7. The smallest absolute Gasteiger partial charge is 0.342 e. The maximum absolute atomic E-state index is 12.7. The Balaban J connectivity index is 2.36. The number of Topliss-reactive ketones (excluding diaryl/α,β-unsaturated/α-hetero) is 1. The highest BCUT2D eigenvalue weighted by Gasteiger charge is 2.25. The Morgan fingerprint density at radius 1 is 1.03 bits per heavy atom. The molecule has 0 aliphatic heterocycles. The average Bonchev–Trinajstić information content (AvgIpc) is 2.77. The zero-order chi connectivity index (χ0) is 24.2. The van der Waals surface area contributed by atoms with E-state index in [0.29, 0.717) is 5.75 Å². The van der Waals surface area contributed by atoms with Crippen molar-refractivity contribution in [2.24, 2.45) is 13.0 Å². The number of benzene rings is 1. The molecule has 0 aliphatic rings. The van der Waals surface area contributed by atoms with Gasteiger partial charge in [0, 0.05) is 13.6 Å². The lowest BCUT2D eigenvalue weighted by atomic mass is 10.1. The van der Waals surface area contributed by atoms with Crippen LogP contribution in [0.3, 0.4) is 0 Å². The number of methoxy groups -OCH3 is 3. The van der Waals surface area contributed by atoms with E-state index in [0.717, 1.165) is 9.13 Å². The minimum atomic E-state index is -0.887. The van der Waals surface area contributed by atoms with E-state index in [2.05, 4.69) is 0 Å². The SMILES string of the molecule is COc1ccc(C(=O)OCC(=O)c2c(N)n(CC(C)C)c(=O)n(C)c2=O)c(OC)c1OC. The van der Waals surface area contributed by atoms with Crippen LogP contribution in [0.15, 0.2) is 21.7 Å². The Kier molecular flexibility index (Phi) is 7.68. The van der Waals surface area contributed by atoms with Crippen molar-refractivity contribution in [3.63, 3.8) is 0 Å². The van der Waals surface area contributed by atoms with Gasteiger partial charge in [-0.05, 0) is 18.1 Å². The van der Waals surface area contributed by atoms with Crippen molar-refractivity contribution in [1.82, 2.24) is 9.13 Å². The van der Waals surface area contributed by atoms with Gasteiger partial charge in [-0.2, -0.15) is 0 Å². The molecule has 1 aromatic carbocycles. The number of hydrogen-bond acceptors (Lipinski definition) is 9. The van der Waals surface area contributed by atoms with Crippen LogP contribution in [0, 0.1) is 5.92 Å². The molecule has 2 rings (SSSR count). The summed E-state index contributed by atoms with van der Waals surface area (Å²) >= 11 is 0. The number of ketones is 1. The predicted molar refractivity (Wildman–Crippen MR) is 116 cm³/mol. The van der Waals surface area contributed by atoms with E-state index >= 15 is 0 Å². The van der Waals surface area contributed by atoms with Gasteiger partial charge in [0.25, 0.3) is 5.56 Å². The summed E-state index contributed by atoms with van der Waals surface area (Å²) in [6, 6.07) is 2.87. The predicted octanol–water partition coefficient (Wildman–Crippen LogP) is 0.851. The van der Waals surface area contributed by atoms with Crippen LogP contribution in [0.2, 0.25) is 0 Å². The molecule has 32 heavy (non-hydrogen) atoms. The molecule has 11 heteroatoms. The van der Waals surface area contributed by atoms with Crippen LogP contribution in [0.5, 0.6) is 17.2 Å². The van der Waals surface area contributed by atoms with E-state index in [1.54, 1.807) is 0 Å². The summed E-state index contributed by atoms with van der Waals surface area (Å²) in [5.74, 6) is -1.39. The van der Waals surface area contributed by atoms with Crippen molar-refractivity contribution in [2.45, 2.75) is 20.4 Å². The molecule has 2 N–H and O–H groups in total. The Morgan fingerprint density at radius 3 is 2.19 bits per heavy atom. The summed E-state index contributed by atoms with van der Waals surface area (Å²) in [6.45, 7) is 3.16. The molecule has 11 nitrogen and oxygen atoms in total. The van der Waals surface area contributed by atoms with E-state index in [1.165, 1.54) is 40.5 Å². The fourth-order valence-corrected chi connectivity index (χ4v) is 3.13. The first-order chi connectivity index (χ1) is 15.1. The lowest BCUT2D eigenvalue weighted by Gasteiger charge is -2.16. The second-order valence-electron chi connectivity index (χ2n) is 7.29. The number of nitrogens with zero attached hydrogens (tertiary/aromatic N) is 2. The zero-order valence-electron chi connectivity index (χ0n) is 18.9. The maximum atomic E-state index is 12.7. The molecule has 1 aromatic heterocycles. The van der Waals surface area contributed by atoms with E-state index in [-0.39, 0.29) is 35.3 Å². The molecule has 2 aromatic rings. The third kappa shape index (κ3) is 4.61. The van der Waals surface area contributed by atoms with Crippen molar-refractivity contribution in [3.8, 4) is 17.2 Å². The number of nitrogens with two attached hydrogens (primary N) is 1. The molecule has 0 atom stereocenters. The number of ether oxygens (including phenoxy) is 4. The van der Waals surface area contributed by atoms with Crippen LogP contribution in [0.4, 0.5) is 5.82 Å². The lowest BCUT2D eigenvalue weighted by molar-refractivity contribution is 0.0470. The Bertz CT molecular complexity index is 1150. The molecular weight excluding hydrogens is 422 g/mol. The van der Waals surface area contributed by atoms with Crippen molar-refractivity contribution in [2.75, 3.05) is 33.7 Å². The van der Waals surface area contributed by atoms with Crippen LogP contribution < -0.4 is 31.2 Å². The minimum absolute atomic E-state index is 0.0106. The fraction of sp³-hybridized carbons (Fsp3) is 0.429. The number of hydrogen-bond donors (Lipinski definition) is 1. The number of nitrogen functional groups attached to an aromatic ring is 1. The van der Waals surface area contributed by atoms with E-state index in [9.17, 15) is 19.2 Å².